The highest BCUT2D eigenvalue weighted by Crippen LogP contribution is 2.53. The lowest BCUT2D eigenvalue weighted by molar-refractivity contribution is -0.144. The van der Waals surface area contributed by atoms with Gasteiger partial charge in [-0.1, -0.05) is 24.3 Å². The largest absolute Gasteiger partial charge is 0.462 e. The monoisotopic (exact) mass is 492 g/mol. The molecule has 2 aromatic rings. The number of allylic oxidation sites excluding steroid dienone is 1. The van der Waals surface area contributed by atoms with Crippen LogP contribution in [0.25, 0.3) is 17.2 Å². The number of nitrogens with one attached hydrogen (secondary N) is 1. The van der Waals surface area contributed by atoms with Gasteiger partial charge in [-0.05, 0) is 87.1 Å². The summed E-state index contributed by atoms with van der Waals surface area (Å²) in [6.07, 6.45) is 9.07. The molecule has 36 heavy (non-hydrogen) atoms. The Morgan fingerprint density at radius 2 is 2.08 bits per heavy atom. The number of carbonyl (C=O) groups is 2. The van der Waals surface area contributed by atoms with Gasteiger partial charge in [-0.15, -0.1) is 0 Å². The maximum Gasteiger partial charge on any atom is 0.407 e. The van der Waals surface area contributed by atoms with Crippen LogP contribution in [0.15, 0.2) is 48.7 Å². The van der Waals surface area contributed by atoms with Crippen molar-refractivity contribution in [3.8, 4) is 11.1 Å². The number of rotatable bonds is 5. The zero-order valence-corrected chi connectivity index (χ0v) is 20.7. The first kappa shape index (κ1) is 24.5. The van der Waals surface area contributed by atoms with Gasteiger partial charge in [0.1, 0.15) is 11.9 Å². The Morgan fingerprint density at radius 3 is 2.83 bits per heavy atom. The van der Waals surface area contributed by atoms with E-state index in [1.165, 1.54) is 12.1 Å². The van der Waals surface area contributed by atoms with Crippen molar-refractivity contribution in [3.05, 3.63) is 60.2 Å². The van der Waals surface area contributed by atoms with E-state index in [0.717, 1.165) is 42.5 Å². The number of pyridine rings is 1. The lowest BCUT2D eigenvalue weighted by Crippen LogP contribution is -2.48. The summed E-state index contributed by atoms with van der Waals surface area (Å²) in [5, 5.41) is 3.00. The molecule has 2 saturated carbocycles. The fourth-order valence-corrected chi connectivity index (χ4v) is 6.64. The second-order valence-corrected chi connectivity index (χ2v) is 10.3. The molecule has 0 radical (unpaired) electrons. The molecule has 5 rings (SSSR count). The first-order chi connectivity index (χ1) is 17.4. The van der Waals surface area contributed by atoms with Crippen molar-refractivity contribution in [2.45, 2.75) is 51.7 Å². The van der Waals surface area contributed by atoms with Crippen LogP contribution < -0.4 is 5.32 Å². The quantitative estimate of drug-likeness (QED) is 0.548. The number of alkyl carbamates (subject to hydrolysis) is 1. The minimum Gasteiger partial charge on any atom is -0.462 e. The van der Waals surface area contributed by atoms with Crippen LogP contribution >= 0.6 is 0 Å². The number of fused-ring (bicyclic) bond motifs is 2. The zero-order chi connectivity index (χ0) is 25.2. The van der Waals surface area contributed by atoms with Crippen LogP contribution in [-0.4, -0.2) is 35.8 Å². The van der Waals surface area contributed by atoms with Gasteiger partial charge in [0.15, 0.2) is 0 Å². The normalized spacial score (nSPS) is 31.4. The van der Waals surface area contributed by atoms with E-state index in [1.54, 1.807) is 19.2 Å². The average Bonchev–Trinajstić information content (AvgIpc) is 3.15. The van der Waals surface area contributed by atoms with Crippen molar-refractivity contribution in [3.63, 3.8) is 0 Å². The van der Waals surface area contributed by atoms with E-state index in [0.29, 0.717) is 18.4 Å². The third kappa shape index (κ3) is 5.01. The van der Waals surface area contributed by atoms with E-state index < -0.39 is 0 Å². The minimum atomic E-state index is -0.368. The number of halogens is 1. The van der Waals surface area contributed by atoms with Gasteiger partial charge in [0.2, 0.25) is 0 Å². The van der Waals surface area contributed by atoms with E-state index in [9.17, 15) is 14.0 Å². The summed E-state index contributed by atoms with van der Waals surface area (Å²) in [6, 6.07) is 10.4. The number of hydrogen-bond acceptors (Lipinski definition) is 5. The first-order valence-corrected chi connectivity index (χ1v) is 13.0. The van der Waals surface area contributed by atoms with Crippen LogP contribution in [0, 0.1) is 35.4 Å². The highest BCUT2D eigenvalue weighted by atomic mass is 19.1. The Labute approximate surface area is 211 Å². The van der Waals surface area contributed by atoms with E-state index >= 15 is 0 Å². The number of carbonyl (C=O) groups excluding carboxylic acids is 2. The predicted octanol–water partition coefficient (Wildman–Crippen LogP) is 5.63. The van der Waals surface area contributed by atoms with Crippen LogP contribution in [-0.2, 0) is 14.3 Å². The molecule has 3 fully saturated rings. The van der Waals surface area contributed by atoms with Crippen molar-refractivity contribution in [2.24, 2.45) is 29.6 Å². The maximum absolute atomic E-state index is 13.6. The number of aromatic nitrogens is 1. The average molecular weight is 493 g/mol. The van der Waals surface area contributed by atoms with Crippen molar-refractivity contribution in [2.75, 3.05) is 6.61 Å². The molecule has 2 heterocycles. The summed E-state index contributed by atoms with van der Waals surface area (Å²) < 4.78 is 24.3. The molecule has 1 saturated heterocycles. The number of cyclic esters (lactones) is 1. The Balaban J connectivity index is 1.34. The fourth-order valence-electron chi connectivity index (χ4n) is 6.64. The molecule has 0 spiro atoms. The molecule has 0 unspecified atom stereocenters. The third-order valence-electron chi connectivity index (χ3n) is 8.18. The molecule has 2 aliphatic carbocycles. The lowest BCUT2D eigenvalue weighted by atomic mass is 9.57. The minimum absolute atomic E-state index is 0.0679. The lowest BCUT2D eigenvalue weighted by Gasteiger charge is -2.47. The van der Waals surface area contributed by atoms with Gasteiger partial charge in [0.05, 0.1) is 18.2 Å². The van der Waals surface area contributed by atoms with Crippen molar-refractivity contribution in [1.82, 2.24) is 10.3 Å². The van der Waals surface area contributed by atoms with Gasteiger partial charge in [-0.3, -0.25) is 9.78 Å². The van der Waals surface area contributed by atoms with Gasteiger partial charge in [-0.25, -0.2) is 9.18 Å². The predicted molar refractivity (Wildman–Crippen MR) is 134 cm³/mol. The zero-order valence-electron chi connectivity index (χ0n) is 20.7. The third-order valence-corrected chi connectivity index (χ3v) is 8.18. The number of benzene rings is 1. The molecule has 1 aromatic heterocycles. The molecule has 7 atom stereocenters. The van der Waals surface area contributed by atoms with Gasteiger partial charge in [0, 0.05) is 23.7 Å². The summed E-state index contributed by atoms with van der Waals surface area (Å²) >= 11 is 0. The highest BCUT2D eigenvalue weighted by Gasteiger charge is 2.54. The molecular formula is C29H33FN2O4. The second-order valence-electron chi connectivity index (χ2n) is 10.3. The van der Waals surface area contributed by atoms with Crippen LogP contribution in [0.1, 0.15) is 45.2 Å². The van der Waals surface area contributed by atoms with Crippen LogP contribution in [0.5, 0.6) is 0 Å². The van der Waals surface area contributed by atoms with Gasteiger partial charge >= 0.3 is 12.1 Å². The number of esters is 1. The van der Waals surface area contributed by atoms with Crippen molar-refractivity contribution in [1.29, 1.82) is 0 Å². The number of nitrogens with zero attached hydrogens (tertiary/aromatic N) is 1. The van der Waals surface area contributed by atoms with Gasteiger partial charge < -0.3 is 14.8 Å². The Kier molecular flexibility index (Phi) is 7.08. The molecule has 6 nitrogen and oxygen atoms in total. The number of hydrogen-bond donors (Lipinski definition) is 1. The molecule has 190 valence electrons. The molecule has 1 aliphatic heterocycles. The highest BCUT2D eigenvalue weighted by molar-refractivity contribution is 5.75. The maximum atomic E-state index is 13.6. The summed E-state index contributed by atoms with van der Waals surface area (Å²) in [5.74, 6) is 0.629. The Hall–Kier alpha value is -3.22. The van der Waals surface area contributed by atoms with Gasteiger partial charge in [0.25, 0.3) is 0 Å². The van der Waals surface area contributed by atoms with Crippen LogP contribution in [0.3, 0.4) is 0 Å². The Morgan fingerprint density at radius 1 is 1.22 bits per heavy atom. The molecule has 0 bridgehead atoms. The summed E-state index contributed by atoms with van der Waals surface area (Å²) in [7, 11) is 0. The molecule has 1 amide bonds. The van der Waals surface area contributed by atoms with Gasteiger partial charge in [-0.2, -0.15) is 0 Å². The van der Waals surface area contributed by atoms with Crippen LogP contribution in [0.4, 0.5) is 9.18 Å². The summed E-state index contributed by atoms with van der Waals surface area (Å²) in [6.45, 7) is 4.15. The summed E-state index contributed by atoms with van der Waals surface area (Å²) in [4.78, 5) is 29.2. The topological polar surface area (TPSA) is 77.5 Å². The SMILES string of the molecule is CCOC(=O)N[C@H]1CC[C@@H]2[C@H](C1)C[C@H]1C(=O)O[C@H](C)[C@H]1[C@@H]2/C=C/c1ccc(-c2cccc(F)c2)cn1. The van der Waals surface area contributed by atoms with Crippen molar-refractivity contribution >= 4 is 18.1 Å². The molecule has 7 heteroatoms. The molecule has 1 aromatic carbocycles. The van der Waals surface area contributed by atoms with Crippen molar-refractivity contribution < 1.29 is 23.5 Å². The second kappa shape index (κ2) is 10.4. The standard InChI is InChI=1S/C29H33FN2O4/c1-3-35-29(34)32-23-10-11-24-20(14-23)15-26-27(17(2)36-28(26)33)25(24)12-9-22-8-7-19(16-31-22)18-5-4-6-21(30)13-18/h4-9,12-13,16-17,20,23-27H,3,10-11,14-15H2,1-2H3,(H,32,34)/b12-9+/t17-,20-,23+,24-,25-,26-,27+/m1/s1. The summed E-state index contributed by atoms with van der Waals surface area (Å²) in [5.41, 5.74) is 2.48. The number of amides is 1. The molecule has 3 aliphatic rings. The van der Waals surface area contributed by atoms with E-state index in [2.05, 4.69) is 16.4 Å². The molecular weight excluding hydrogens is 459 g/mol. The van der Waals surface area contributed by atoms with E-state index in [4.69, 9.17) is 9.47 Å². The number of ether oxygens (including phenoxy) is 2. The Bertz CT molecular complexity index is 1130. The first-order valence-electron chi connectivity index (χ1n) is 13.0. The molecule has 1 N–H and O–H groups in total. The van der Waals surface area contributed by atoms with Crippen LogP contribution in [0.2, 0.25) is 0 Å². The van der Waals surface area contributed by atoms with E-state index in [-0.39, 0.29) is 47.8 Å². The smallest absolute Gasteiger partial charge is 0.407 e. The fraction of sp³-hybridized carbons (Fsp3) is 0.483. The van der Waals surface area contributed by atoms with E-state index in [1.807, 2.05) is 31.2 Å².